The van der Waals surface area contributed by atoms with Crippen LogP contribution in [-0.4, -0.2) is 29.3 Å². The second-order valence-corrected chi connectivity index (χ2v) is 6.25. The summed E-state index contributed by atoms with van der Waals surface area (Å²) in [6.45, 7) is 2.81. The van der Waals surface area contributed by atoms with Gasteiger partial charge in [0.25, 0.3) is 0 Å². The summed E-state index contributed by atoms with van der Waals surface area (Å²) in [5.74, 6) is 0.503. The smallest absolute Gasteiger partial charge is 0.191 e. The molecule has 2 aromatic carbocycles. The minimum absolute atomic E-state index is 0. The van der Waals surface area contributed by atoms with E-state index >= 15 is 0 Å². The van der Waals surface area contributed by atoms with Crippen LogP contribution < -0.4 is 10.6 Å². The lowest BCUT2D eigenvalue weighted by atomic mass is 10.1. The summed E-state index contributed by atoms with van der Waals surface area (Å²) in [6.07, 6.45) is 2.64. The molecule has 0 saturated carbocycles. The molecule has 0 radical (unpaired) electrons. The van der Waals surface area contributed by atoms with Crippen LogP contribution >= 0.6 is 24.0 Å². The number of nitrogens with one attached hydrogen (secondary N) is 2. The van der Waals surface area contributed by atoms with E-state index in [0.717, 1.165) is 23.8 Å². The molecule has 0 aliphatic carbocycles. The van der Waals surface area contributed by atoms with Crippen molar-refractivity contribution in [2.24, 2.45) is 4.99 Å². The molecular weight excluding hydrogens is 468 g/mol. The van der Waals surface area contributed by atoms with Gasteiger partial charge in [0.1, 0.15) is 5.82 Å². The van der Waals surface area contributed by atoms with Gasteiger partial charge in [-0.15, -0.1) is 24.0 Å². The summed E-state index contributed by atoms with van der Waals surface area (Å²) in [5, 5.41) is 11.2. The summed E-state index contributed by atoms with van der Waals surface area (Å²) in [4.78, 5) is 4.28. The Labute approximate surface area is 182 Å². The van der Waals surface area contributed by atoms with Crippen LogP contribution in [0.2, 0.25) is 0 Å². The quantitative estimate of drug-likeness (QED) is 0.309. The highest BCUT2D eigenvalue weighted by Gasteiger charge is 2.07. The number of guanidine groups is 1. The Morgan fingerprint density at radius 1 is 1.11 bits per heavy atom. The molecule has 1 heterocycles. The number of hydrogen-bond donors (Lipinski definition) is 2. The maximum Gasteiger partial charge on any atom is 0.191 e. The SMILES string of the molecule is CN=C(NCCc1ccn(-c2ccc(F)cc2)n1)NC(C)c1ccccc1.I. The zero-order chi connectivity index (χ0) is 19.1. The average molecular weight is 493 g/mol. The predicted molar refractivity (Wildman–Crippen MR) is 122 cm³/mol. The molecule has 0 saturated heterocycles. The van der Waals surface area contributed by atoms with E-state index in [1.165, 1.54) is 17.7 Å². The maximum absolute atomic E-state index is 13.0. The predicted octanol–water partition coefficient (Wildman–Crippen LogP) is 4.10. The topological polar surface area (TPSA) is 54.2 Å². The second kappa shape index (κ2) is 10.8. The first-order chi connectivity index (χ1) is 13.2. The van der Waals surface area contributed by atoms with Crippen LogP contribution in [0.5, 0.6) is 0 Å². The molecule has 0 aliphatic heterocycles. The van der Waals surface area contributed by atoms with Crippen molar-refractivity contribution in [2.75, 3.05) is 13.6 Å². The lowest BCUT2D eigenvalue weighted by Crippen LogP contribution is -2.39. The molecular formula is C21H25FIN5. The first kappa shape index (κ1) is 21.9. The fourth-order valence-electron chi connectivity index (χ4n) is 2.77. The second-order valence-electron chi connectivity index (χ2n) is 6.25. The summed E-state index contributed by atoms with van der Waals surface area (Å²) in [6, 6.07) is 18.7. The molecule has 3 aromatic rings. The van der Waals surface area contributed by atoms with E-state index in [1.54, 1.807) is 23.9 Å². The number of aromatic nitrogens is 2. The van der Waals surface area contributed by atoms with Gasteiger partial charge >= 0.3 is 0 Å². The van der Waals surface area contributed by atoms with Crippen LogP contribution in [0, 0.1) is 5.82 Å². The normalized spacial score (nSPS) is 12.2. The van der Waals surface area contributed by atoms with Crippen molar-refractivity contribution in [3.63, 3.8) is 0 Å². The minimum atomic E-state index is -0.251. The Kier molecular flexibility index (Phi) is 8.43. The highest BCUT2D eigenvalue weighted by molar-refractivity contribution is 14.0. The van der Waals surface area contributed by atoms with Gasteiger partial charge in [-0.05, 0) is 42.8 Å². The van der Waals surface area contributed by atoms with E-state index in [4.69, 9.17) is 0 Å². The van der Waals surface area contributed by atoms with Crippen molar-refractivity contribution in [3.05, 3.63) is 83.9 Å². The zero-order valence-electron chi connectivity index (χ0n) is 16.0. The van der Waals surface area contributed by atoms with Crippen LogP contribution in [0.4, 0.5) is 4.39 Å². The van der Waals surface area contributed by atoms with Crippen molar-refractivity contribution in [3.8, 4) is 5.69 Å². The zero-order valence-corrected chi connectivity index (χ0v) is 18.3. The highest BCUT2D eigenvalue weighted by atomic mass is 127. The molecule has 3 rings (SSSR count). The summed E-state index contributed by atoms with van der Waals surface area (Å²) < 4.78 is 14.8. The van der Waals surface area contributed by atoms with Crippen molar-refractivity contribution in [2.45, 2.75) is 19.4 Å². The lowest BCUT2D eigenvalue weighted by Gasteiger charge is -2.18. The van der Waals surface area contributed by atoms with Gasteiger partial charge in [-0.1, -0.05) is 30.3 Å². The first-order valence-corrected chi connectivity index (χ1v) is 8.98. The Morgan fingerprint density at radius 3 is 2.50 bits per heavy atom. The Balaban J connectivity index is 0.00000280. The Bertz CT molecular complexity index is 877. The number of nitrogens with zero attached hydrogens (tertiary/aromatic N) is 3. The van der Waals surface area contributed by atoms with E-state index in [-0.39, 0.29) is 35.8 Å². The van der Waals surface area contributed by atoms with Gasteiger partial charge in [0.15, 0.2) is 5.96 Å². The van der Waals surface area contributed by atoms with E-state index < -0.39 is 0 Å². The lowest BCUT2D eigenvalue weighted by molar-refractivity contribution is 0.627. The molecule has 0 spiro atoms. The van der Waals surface area contributed by atoms with Gasteiger partial charge in [-0.3, -0.25) is 4.99 Å². The summed E-state index contributed by atoms with van der Waals surface area (Å²) >= 11 is 0. The molecule has 1 atom stereocenters. The van der Waals surface area contributed by atoms with Crippen LogP contribution in [0.25, 0.3) is 5.69 Å². The van der Waals surface area contributed by atoms with Crippen LogP contribution in [-0.2, 0) is 6.42 Å². The standard InChI is InChI=1S/C21H24FN5.HI/c1-16(17-6-4-3-5-7-17)25-21(23-2)24-14-12-19-13-15-27(26-19)20-10-8-18(22)9-11-20;/h3-11,13,15-16H,12,14H2,1-2H3,(H2,23,24,25);1H. The average Bonchev–Trinajstić information content (AvgIpc) is 3.17. The van der Waals surface area contributed by atoms with Gasteiger partial charge in [0.2, 0.25) is 0 Å². The number of aliphatic imine (C=N–C) groups is 1. The highest BCUT2D eigenvalue weighted by Crippen LogP contribution is 2.11. The first-order valence-electron chi connectivity index (χ1n) is 8.98. The molecule has 28 heavy (non-hydrogen) atoms. The van der Waals surface area contributed by atoms with Gasteiger partial charge in [0, 0.05) is 26.2 Å². The Morgan fingerprint density at radius 2 is 1.82 bits per heavy atom. The molecule has 1 aromatic heterocycles. The van der Waals surface area contributed by atoms with E-state index in [2.05, 4.69) is 39.8 Å². The Hall–Kier alpha value is -2.42. The van der Waals surface area contributed by atoms with Crippen molar-refractivity contribution in [1.82, 2.24) is 20.4 Å². The number of benzene rings is 2. The third kappa shape index (κ3) is 6.05. The van der Waals surface area contributed by atoms with Crippen molar-refractivity contribution < 1.29 is 4.39 Å². The van der Waals surface area contributed by atoms with Crippen LogP contribution in [0.15, 0.2) is 71.9 Å². The summed E-state index contributed by atoms with van der Waals surface area (Å²) in [5.41, 5.74) is 3.00. The van der Waals surface area contributed by atoms with Gasteiger partial charge in [-0.2, -0.15) is 5.10 Å². The van der Waals surface area contributed by atoms with E-state index in [0.29, 0.717) is 6.54 Å². The number of rotatable bonds is 6. The van der Waals surface area contributed by atoms with Crippen molar-refractivity contribution in [1.29, 1.82) is 0 Å². The maximum atomic E-state index is 13.0. The number of hydrogen-bond acceptors (Lipinski definition) is 2. The molecule has 0 fully saturated rings. The molecule has 5 nitrogen and oxygen atoms in total. The summed E-state index contributed by atoms with van der Waals surface area (Å²) in [7, 11) is 1.76. The minimum Gasteiger partial charge on any atom is -0.356 e. The molecule has 2 N–H and O–H groups in total. The fourth-order valence-corrected chi connectivity index (χ4v) is 2.77. The molecule has 1 unspecified atom stereocenters. The van der Waals surface area contributed by atoms with E-state index in [9.17, 15) is 4.39 Å². The third-order valence-corrected chi connectivity index (χ3v) is 4.29. The largest absolute Gasteiger partial charge is 0.356 e. The molecule has 0 amide bonds. The molecule has 7 heteroatoms. The van der Waals surface area contributed by atoms with E-state index in [1.807, 2.05) is 30.5 Å². The fraction of sp³-hybridized carbons (Fsp3) is 0.238. The molecule has 148 valence electrons. The van der Waals surface area contributed by atoms with Crippen LogP contribution in [0.3, 0.4) is 0 Å². The molecule has 0 aliphatic rings. The van der Waals surface area contributed by atoms with Gasteiger partial charge in [0.05, 0.1) is 17.4 Å². The van der Waals surface area contributed by atoms with Crippen LogP contribution in [0.1, 0.15) is 24.2 Å². The van der Waals surface area contributed by atoms with Gasteiger partial charge < -0.3 is 10.6 Å². The van der Waals surface area contributed by atoms with Crippen molar-refractivity contribution >= 4 is 29.9 Å². The van der Waals surface area contributed by atoms with Gasteiger partial charge in [-0.25, -0.2) is 9.07 Å². The monoisotopic (exact) mass is 493 g/mol. The third-order valence-electron chi connectivity index (χ3n) is 4.29. The molecule has 0 bridgehead atoms. The number of halogens is 2.